The Labute approximate surface area is 117 Å². The number of hydrogen-bond acceptors (Lipinski definition) is 7. The number of nitro benzene ring substituents is 1. The number of halogens is 1. The third kappa shape index (κ3) is 3.15. The van der Waals surface area contributed by atoms with Crippen LogP contribution in [0.1, 0.15) is 10.4 Å². The molecular weight excluding hydrogens is 311 g/mol. The van der Waals surface area contributed by atoms with E-state index in [1.807, 2.05) is 0 Å². The number of non-ortho nitro benzene ring substituents is 1. The molecule has 0 aliphatic carbocycles. The second-order valence-corrected chi connectivity index (χ2v) is 5.70. The zero-order valence-corrected chi connectivity index (χ0v) is 11.1. The highest BCUT2D eigenvalue weighted by Gasteiger charge is 2.30. The Morgan fingerprint density at radius 3 is 2.52 bits per heavy atom. The smallest absolute Gasteiger partial charge is 0.341 e. The fraction of sp³-hybridized carbons (Fsp3) is 0.300. The Hall–Kier alpha value is -2.11. The molecule has 21 heavy (non-hydrogen) atoms. The number of nitro groups is 1. The molecule has 1 aromatic carbocycles. The highest BCUT2D eigenvalue weighted by Crippen LogP contribution is 2.25. The number of primary sulfonamides is 1. The molecule has 1 fully saturated rings. The minimum absolute atomic E-state index is 0.115. The van der Waals surface area contributed by atoms with E-state index in [-0.39, 0.29) is 13.2 Å². The van der Waals surface area contributed by atoms with E-state index in [2.05, 4.69) is 0 Å². The van der Waals surface area contributed by atoms with Crippen LogP contribution in [0, 0.1) is 15.9 Å². The summed E-state index contributed by atoms with van der Waals surface area (Å²) in [6.45, 7) is 0.231. The van der Waals surface area contributed by atoms with Gasteiger partial charge in [0.25, 0.3) is 5.69 Å². The molecule has 0 radical (unpaired) electrons. The van der Waals surface area contributed by atoms with E-state index in [1.165, 1.54) is 0 Å². The Bertz CT molecular complexity index is 714. The van der Waals surface area contributed by atoms with Gasteiger partial charge in [-0.2, -0.15) is 0 Å². The SMILES string of the molecule is NS(=O)(=O)c1cc([N+](=O)[O-])cc(C(=O)OC2COC2)c1F. The molecule has 0 atom stereocenters. The molecule has 1 aromatic rings. The highest BCUT2D eigenvalue weighted by molar-refractivity contribution is 7.89. The van der Waals surface area contributed by atoms with Crippen LogP contribution in [0.5, 0.6) is 0 Å². The molecule has 1 heterocycles. The van der Waals surface area contributed by atoms with E-state index in [9.17, 15) is 27.7 Å². The van der Waals surface area contributed by atoms with Crippen molar-refractivity contribution in [3.8, 4) is 0 Å². The Kier molecular flexibility index (Phi) is 3.89. The lowest BCUT2D eigenvalue weighted by molar-refractivity contribution is -0.385. The van der Waals surface area contributed by atoms with Crippen molar-refractivity contribution in [2.24, 2.45) is 5.14 Å². The predicted molar refractivity (Wildman–Crippen MR) is 64.5 cm³/mol. The largest absolute Gasteiger partial charge is 0.454 e. The number of nitrogens with two attached hydrogens (primary N) is 1. The predicted octanol–water partition coefficient (Wildman–Crippen LogP) is -0.0631. The molecule has 2 rings (SSSR count). The summed E-state index contributed by atoms with van der Waals surface area (Å²) in [6, 6.07) is 1.03. The van der Waals surface area contributed by atoms with Gasteiger partial charge >= 0.3 is 5.97 Å². The van der Waals surface area contributed by atoms with E-state index in [0.29, 0.717) is 12.1 Å². The number of hydrogen-bond donors (Lipinski definition) is 1. The summed E-state index contributed by atoms with van der Waals surface area (Å²) in [5.74, 6) is -2.72. The fourth-order valence-electron chi connectivity index (χ4n) is 1.54. The minimum Gasteiger partial charge on any atom is -0.454 e. The summed E-state index contributed by atoms with van der Waals surface area (Å²) in [4.78, 5) is 20.4. The average molecular weight is 320 g/mol. The highest BCUT2D eigenvalue weighted by atomic mass is 32.2. The second-order valence-electron chi connectivity index (χ2n) is 4.17. The summed E-state index contributed by atoms with van der Waals surface area (Å²) in [6.07, 6.45) is -0.603. The van der Waals surface area contributed by atoms with Crippen LogP contribution in [-0.2, 0) is 19.5 Å². The lowest BCUT2D eigenvalue weighted by Crippen LogP contribution is -2.38. The molecule has 1 saturated heterocycles. The molecule has 2 N–H and O–H groups in total. The molecule has 0 amide bonds. The van der Waals surface area contributed by atoms with Crippen molar-refractivity contribution in [1.29, 1.82) is 0 Å². The third-order valence-corrected chi connectivity index (χ3v) is 3.55. The van der Waals surface area contributed by atoms with Crippen LogP contribution in [0.4, 0.5) is 10.1 Å². The maximum absolute atomic E-state index is 14.0. The number of nitrogens with zero attached hydrogens (tertiary/aromatic N) is 1. The number of carbonyl (C=O) groups excluding carboxylic acids is 1. The van der Waals surface area contributed by atoms with Gasteiger partial charge in [0.2, 0.25) is 10.0 Å². The maximum Gasteiger partial charge on any atom is 0.341 e. The number of carbonyl (C=O) groups is 1. The molecule has 11 heteroatoms. The summed E-state index contributed by atoms with van der Waals surface area (Å²) < 4.78 is 46.0. The van der Waals surface area contributed by atoms with E-state index in [0.717, 1.165) is 0 Å². The Morgan fingerprint density at radius 1 is 1.48 bits per heavy atom. The van der Waals surface area contributed by atoms with Gasteiger partial charge in [-0.3, -0.25) is 10.1 Å². The van der Waals surface area contributed by atoms with Crippen molar-refractivity contribution in [3.63, 3.8) is 0 Å². The van der Waals surface area contributed by atoms with Gasteiger partial charge in [-0.15, -0.1) is 0 Å². The van der Waals surface area contributed by atoms with Crippen molar-refractivity contribution >= 4 is 21.7 Å². The first-order valence-corrected chi connectivity index (χ1v) is 7.04. The van der Waals surface area contributed by atoms with Gasteiger partial charge in [-0.05, 0) is 0 Å². The van der Waals surface area contributed by atoms with E-state index in [1.54, 1.807) is 0 Å². The summed E-state index contributed by atoms with van der Waals surface area (Å²) in [7, 11) is -4.58. The quantitative estimate of drug-likeness (QED) is 0.465. The van der Waals surface area contributed by atoms with Crippen LogP contribution >= 0.6 is 0 Å². The van der Waals surface area contributed by atoms with E-state index < -0.39 is 49.0 Å². The molecule has 0 unspecified atom stereocenters. The van der Waals surface area contributed by atoms with Crippen LogP contribution in [0.2, 0.25) is 0 Å². The molecule has 1 aliphatic heterocycles. The molecule has 114 valence electrons. The van der Waals surface area contributed by atoms with Crippen molar-refractivity contribution in [2.75, 3.05) is 13.2 Å². The standard InChI is InChI=1S/C10H9FN2O7S/c11-9-7(10(14)20-6-3-19-4-6)1-5(13(15)16)2-8(9)21(12,17)18/h1-2,6H,3-4H2,(H2,12,17,18). The van der Waals surface area contributed by atoms with Crippen molar-refractivity contribution < 1.29 is 32.0 Å². The first kappa shape index (κ1) is 15.3. The fourth-order valence-corrected chi connectivity index (χ4v) is 2.19. The molecule has 0 spiro atoms. The van der Waals surface area contributed by atoms with Crippen molar-refractivity contribution in [2.45, 2.75) is 11.0 Å². The van der Waals surface area contributed by atoms with Crippen LogP contribution in [0.25, 0.3) is 0 Å². The van der Waals surface area contributed by atoms with Crippen LogP contribution in [0.3, 0.4) is 0 Å². The number of benzene rings is 1. The van der Waals surface area contributed by atoms with Crippen molar-refractivity contribution in [3.05, 3.63) is 33.6 Å². The summed E-state index contributed by atoms with van der Waals surface area (Å²) in [5, 5.41) is 15.5. The first-order chi connectivity index (χ1) is 9.70. The molecule has 1 aliphatic rings. The van der Waals surface area contributed by atoms with Gasteiger partial charge < -0.3 is 9.47 Å². The number of sulfonamides is 1. The van der Waals surface area contributed by atoms with Gasteiger partial charge in [-0.25, -0.2) is 22.7 Å². The van der Waals surface area contributed by atoms with Gasteiger partial charge in [-0.1, -0.05) is 0 Å². The number of rotatable bonds is 4. The van der Waals surface area contributed by atoms with E-state index >= 15 is 0 Å². The normalized spacial score (nSPS) is 15.3. The molecule has 0 saturated carbocycles. The van der Waals surface area contributed by atoms with Gasteiger partial charge in [0.05, 0.1) is 18.1 Å². The molecular formula is C10H9FN2O7S. The van der Waals surface area contributed by atoms with Crippen molar-refractivity contribution in [1.82, 2.24) is 0 Å². The second kappa shape index (κ2) is 5.35. The maximum atomic E-state index is 14.0. The molecule has 9 nitrogen and oxygen atoms in total. The Balaban J connectivity index is 2.50. The monoisotopic (exact) mass is 320 g/mol. The third-order valence-electron chi connectivity index (χ3n) is 2.64. The van der Waals surface area contributed by atoms with Crippen LogP contribution < -0.4 is 5.14 Å². The zero-order valence-electron chi connectivity index (χ0n) is 10.3. The van der Waals surface area contributed by atoms with Gasteiger partial charge in [0.1, 0.15) is 16.6 Å². The topological polar surface area (TPSA) is 139 Å². The zero-order chi connectivity index (χ0) is 15.8. The molecule has 0 bridgehead atoms. The van der Waals surface area contributed by atoms with Crippen LogP contribution in [-0.4, -0.2) is 38.6 Å². The summed E-state index contributed by atoms with van der Waals surface area (Å²) >= 11 is 0. The minimum atomic E-state index is -4.58. The summed E-state index contributed by atoms with van der Waals surface area (Å²) in [5.41, 5.74) is -1.67. The van der Waals surface area contributed by atoms with Crippen LogP contribution in [0.15, 0.2) is 17.0 Å². The number of esters is 1. The van der Waals surface area contributed by atoms with Gasteiger partial charge in [0.15, 0.2) is 5.82 Å². The Morgan fingerprint density at radius 2 is 2.10 bits per heavy atom. The first-order valence-electron chi connectivity index (χ1n) is 5.49. The van der Waals surface area contributed by atoms with Gasteiger partial charge in [0, 0.05) is 12.1 Å². The van der Waals surface area contributed by atoms with E-state index in [4.69, 9.17) is 14.6 Å². The average Bonchev–Trinajstić information content (AvgIpc) is 2.32. The number of ether oxygens (including phenoxy) is 2. The lowest BCUT2D eigenvalue weighted by Gasteiger charge is -2.25. The lowest BCUT2D eigenvalue weighted by atomic mass is 10.2. The molecule has 0 aromatic heterocycles.